The summed E-state index contributed by atoms with van der Waals surface area (Å²) < 4.78 is 25.0. The highest BCUT2D eigenvalue weighted by Gasteiger charge is 2.57. The van der Waals surface area contributed by atoms with Gasteiger partial charge in [0.1, 0.15) is 12.2 Å². The number of quaternary nitrogens is 1. The first-order valence-electron chi connectivity index (χ1n) is 17.3. The largest absolute Gasteiger partial charge is 0.461 e. The molecule has 3 unspecified atom stereocenters. The van der Waals surface area contributed by atoms with E-state index in [1.54, 1.807) is 0 Å². The van der Waals surface area contributed by atoms with Gasteiger partial charge in [0, 0.05) is 64.5 Å². The second kappa shape index (κ2) is 14.7. The molecule has 4 fully saturated rings. The summed E-state index contributed by atoms with van der Waals surface area (Å²) in [6, 6.07) is 19.8. The molecule has 0 saturated carbocycles. The predicted octanol–water partition coefficient (Wildman–Crippen LogP) is 5.10. The van der Waals surface area contributed by atoms with Crippen molar-refractivity contribution in [2.45, 2.75) is 101 Å². The molecule has 1 spiro atoms. The number of benzene rings is 2. The summed E-state index contributed by atoms with van der Waals surface area (Å²) in [5.74, 6) is -1.15. The first-order chi connectivity index (χ1) is 22.4. The average Bonchev–Trinajstić information content (AvgIpc) is 3.76. The summed E-state index contributed by atoms with van der Waals surface area (Å²) in [7, 11) is 2.01. The van der Waals surface area contributed by atoms with Gasteiger partial charge in [0.25, 0.3) is 0 Å². The van der Waals surface area contributed by atoms with Crippen molar-refractivity contribution in [1.82, 2.24) is 4.90 Å². The second-order valence-electron chi connectivity index (χ2n) is 13.7. The zero-order valence-corrected chi connectivity index (χ0v) is 27.1. The molecule has 4 aliphatic heterocycles. The fourth-order valence-corrected chi connectivity index (χ4v) is 8.54. The maximum atomic E-state index is 14.4. The summed E-state index contributed by atoms with van der Waals surface area (Å²) in [6.07, 6.45) is 8.82. The summed E-state index contributed by atoms with van der Waals surface area (Å²) in [5.41, 5.74) is -0.357. The number of carbonyl (C=O) groups is 3. The van der Waals surface area contributed by atoms with Crippen molar-refractivity contribution in [3.63, 3.8) is 0 Å². The number of ether oxygens (including phenoxy) is 4. The number of nitrogens with zero attached hydrogens (tertiary/aromatic N) is 2. The monoisotopic (exact) mass is 633 g/mol. The molecule has 4 aliphatic rings. The van der Waals surface area contributed by atoms with Crippen LogP contribution in [0.4, 0.5) is 0 Å². The number of carbonyl (C=O) groups excluding carboxylic acids is 3. The molecule has 0 aliphatic carbocycles. The Kier molecular flexibility index (Phi) is 10.4. The van der Waals surface area contributed by atoms with Gasteiger partial charge in [-0.15, -0.1) is 0 Å². The van der Waals surface area contributed by atoms with Gasteiger partial charge in [-0.1, -0.05) is 60.7 Å². The van der Waals surface area contributed by atoms with Gasteiger partial charge in [0.05, 0.1) is 25.2 Å². The van der Waals surface area contributed by atoms with Gasteiger partial charge >= 0.3 is 17.9 Å². The van der Waals surface area contributed by atoms with Crippen molar-refractivity contribution in [2.75, 3.05) is 40.0 Å². The minimum atomic E-state index is -1.60. The van der Waals surface area contributed by atoms with Crippen LogP contribution >= 0.6 is 0 Å². The van der Waals surface area contributed by atoms with Crippen LogP contribution in [0.3, 0.4) is 0 Å². The molecule has 4 heterocycles. The first-order valence-corrected chi connectivity index (χ1v) is 17.3. The van der Waals surface area contributed by atoms with Crippen LogP contribution in [-0.4, -0.2) is 91.6 Å². The van der Waals surface area contributed by atoms with E-state index in [1.165, 1.54) is 43.3 Å². The standard InChI is InChI=1S/C37H49N2O7/c1-38-21-20-32(26-38)45-35(41)17-9-8-16-34(40)43-27-44-37(28-12-4-2-5-13-28,29-14-6-3-7-15-29)36(42)46-33-24-30-18-19-31(25-33)39(30)22-10-11-23-39/h2-7,12-15,30-33H,8-11,16-27H2,1H3/q+1. The van der Waals surface area contributed by atoms with E-state index < -0.39 is 24.3 Å². The summed E-state index contributed by atoms with van der Waals surface area (Å²) >= 11 is 0. The molecule has 9 nitrogen and oxygen atoms in total. The normalized spacial score (nSPS) is 25.4. The zero-order valence-electron chi connectivity index (χ0n) is 27.1. The average molecular weight is 634 g/mol. The van der Waals surface area contributed by atoms with E-state index in [0.29, 0.717) is 36.1 Å². The molecule has 3 atom stereocenters. The van der Waals surface area contributed by atoms with Crippen molar-refractivity contribution in [1.29, 1.82) is 0 Å². The zero-order chi connectivity index (χ0) is 32.0. The molecule has 2 aromatic carbocycles. The molecule has 0 aromatic heterocycles. The van der Waals surface area contributed by atoms with Gasteiger partial charge in [0.2, 0.25) is 5.60 Å². The molecule has 0 amide bonds. The molecule has 0 N–H and O–H groups in total. The minimum absolute atomic E-state index is 0.0443. The van der Waals surface area contributed by atoms with E-state index in [0.717, 1.165) is 32.4 Å². The summed E-state index contributed by atoms with van der Waals surface area (Å²) in [5, 5.41) is 0. The van der Waals surface area contributed by atoms with Crippen molar-refractivity contribution in [2.24, 2.45) is 0 Å². The molecule has 2 bridgehead atoms. The van der Waals surface area contributed by atoms with Crippen LogP contribution in [0, 0.1) is 0 Å². The fraction of sp³-hybridized carbons (Fsp3) is 0.595. The van der Waals surface area contributed by atoms with Crippen molar-refractivity contribution >= 4 is 17.9 Å². The molecule has 4 saturated heterocycles. The highest BCUT2D eigenvalue weighted by atomic mass is 16.7. The van der Waals surface area contributed by atoms with Gasteiger partial charge in [-0.3, -0.25) is 9.59 Å². The van der Waals surface area contributed by atoms with Crippen LogP contribution in [0.2, 0.25) is 0 Å². The van der Waals surface area contributed by atoms with E-state index in [4.69, 9.17) is 18.9 Å². The number of hydrogen-bond donors (Lipinski definition) is 0. The Morgan fingerprint density at radius 1 is 0.783 bits per heavy atom. The number of rotatable bonds is 13. The number of hydrogen-bond acceptors (Lipinski definition) is 8. The maximum absolute atomic E-state index is 14.4. The first kappa shape index (κ1) is 32.7. The third-order valence-electron chi connectivity index (χ3n) is 10.8. The third-order valence-corrected chi connectivity index (χ3v) is 10.8. The van der Waals surface area contributed by atoms with Gasteiger partial charge < -0.3 is 28.3 Å². The van der Waals surface area contributed by atoms with Crippen LogP contribution in [0.5, 0.6) is 0 Å². The quantitative estimate of drug-likeness (QED) is 0.0990. The maximum Gasteiger partial charge on any atom is 0.348 e. The van der Waals surface area contributed by atoms with Crippen LogP contribution in [-0.2, 0) is 38.9 Å². The Labute approximate surface area is 272 Å². The molecular weight excluding hydrogens is 584 g/mol. The Morgan fingerprint density at radius 2 is 1.37 bits per heavy atom. The number of esters is 3. The smallest absolute Gasteiger partial charge is 0.348 e. The molecule has 6 rings (SSSR count). The lowest BCUT2D eigenvalue weighted by molar-refractivity contribution is -0.956. The van der Waals surface area contributed by atoms with Crippen molar-refractivity contribution in [3.05, 3.63) is 71.8 Å². The molecular formula is C37H49N2O7+. The lowest BCUT2D eigenvalue weighted by atomic mass is 9.85. The van der Waals surface area contributed by atoms with Gasteiger partial charge in [-0.25, -0.2) is 4.79 Å². The third kappa shape index (κ3) is 7.02. The van der Waals surface area contributed by atoms with Crippen LogP contribution in [0.25, 0.3) is 0 Å². The Hall–Kier alpha value is -3.27. The van der Waals surface area contributed by atoms with Crippen molar-refractivity contribution < 1.29 is 37.8 Å². The summed E-state index contributed by atoms with van der Waals surface area (Å²) in [4.78, 5) is 41.5. The van der Waals surface area contributed by atoms with E-state index in [9.17, 15) is 14.4 Å². The molecule has 9 heteroatoms. The van der Waals surface area contributed by atoms with Gasteiger partial charge in [-0.05, 0) is 37.4 Å². The number of piperidine rings is 1. The highest BCUT2D eigenvalue weighted by Crippen LogP contribution is 2.47. The number of likely N-dealkylation sites (tertiary alicyclic amines) is 1. The molecule has 46 heavy (non-hydrogen) atoms. The van der Waals surface area contributed by atoms with E-state index in [1.807, 2.05) is 67.7 Å². The number of unbranched alkanes of at least 4 members (excludes halogenated alkanes) is 1. The topological polar surface area (TPSA) is 91.4 Å². The van der Waals surface area contributed by atoms with Crippen molar-refractivity contribution in [3.8, 4) is 0 Å². The second-order valence-corrected chi connectivity index (χ2v) is 13.7. The Bertz CT molecular complexity index is 1270. The minimum Gasteiger partial charge on any atom is -0.461 e. The van der Waals surface area contributed by atoms with Gasteiger partial charge in [0.15, 0.2) is 6.79 Å². The van der Waals surface area contributed by atoms with E-state index in [2.05, 4.69) is 4.90 Å². The van der Waals surface area contributed by atoms with Crippen LogP contribution in [0.1, 0.15) is 81.8 Å². The Morgan fingerprint density at radius 3 is 1.93 bits per heavy atom. The SMILES string of the molecule is CN1CCC(OC(=O)CCCCC(=O)OCOC(C(=O)OC2CC3CCC(C2)[N+]32CCCC2)(c2ccccc2)c2ccccc2)C1. The van der Waals surface area contributed by atoms with E-state index in [-0.39, 0.29) is 31.0 Å². The molecule has 0 radical (unpaired) electrons. The molecule has 248 valence electrons. The van der Waals surface area contributed by atoms with Gasteiger partial charge in [-0.2, -0.15) is 0 Å². The molecule has 2 aromatic rings. The summed E-state index contributed by atoms with van der Waals surface area (Å²) in [6.45, 7) is 3.79. The highest BCUT2D eigenvalue weighted by molar-refractivity contribution is 5.86. The number of likely N-dealkylation sites (N-methyl/N-ethyl adjacent to an activating group) is 1. The van der Waals surface area contributed by atoms with E-state index >= 15 is 0 Å². The fourth-order valence-electron chi connectivity index (χ4n) is 8.54. The lowest BCUT2D eigenvalue weighted by Gasteiger charge is -2.47. The Balaban J connectivity index is 1.08. The predicted molar refractivity (Wildman–Crippen MR) is 171 cm³/mol. The van der Waals surface area contributed by atoms with Crippen LogP contribution in [0.15, 0.2) is 60.7 Å². The lowest BCUT2D eigenvalue weighted by Crippen LogP contribution is -2.60. The van der Waals surface area contributed by atoms with Crippen LogP contribution < -0.4 is 0 Å².